The van der Waals surface area contributed by atoms with Crippen molar-refractivity contribution >= 4 is 0 Å². The second kappa shape index (κ2) is 15.6. The standard InChI is InChI=1S/C41H40O6/c1-42-36-22-18-31(19-23-36)28-45-38-26-27-44-39(40(38)46-29-32-20-24-37(43-2)25-21-32)30-47-41(33-12-6-3-7-13-33,34-14-8-4-9-15-34)35-16-10-5-11-17-35/h3-27,38-40H,28-30H2,1-2H3/t38-,39-,40-/m1/s1. The van der Waals surface area contributed by atoms with Crippen molar-refractivity contribution in [1.29, 1.82) is 0 Å². The summed E-state index contributed by atoms with van der Waals surface area (Å²) in [7, 11) is 3.32. The van der Waals surface area contributed by atoms with Gasteiger partial charge in [-0.25, -0.2) is 0 Å². The Bertz CT molecular complexity index is 1580. The Morgan fingerprint density at radius 2 is 1.00 bits per heavy atom. The van der Waals surface area contributed by atoms with Crippen LogP contribution in [0.3, 0.4) is 0 Å². The molecule has 0 bridgehead atoms. The van der Waals surface area contributed by atoms with Crippen LogP contribution in [0.15, 0.2) is 152 Å². The van der Waals surface area contributed by atoms with Crippen molar-refractivity contribution < 1.29 is 28.4 Å². The van der Waals surface area contributed by atoms with Gasteiger partial charge >= 0.3 is 0 Å². The van der Waals surface area contributed by atoms with E-state index in [0.29, 0.717) is 13.2 Å². The summed E-state index contributed by atoms with van der Waals surface area (Å²) in [6.07, 6.45) is 2.32. The fourth-order valence-corrected chi connectivity index (χ4v) is 5.91. The van der Waals surface area contributed by atoms with E-state index < -0.39 is 17.8 Å². The number of ether oxygens (including phenoxy) is 6. The second-order valence-electron chi connectivity index (χ2n) is 11.3. The SMILES string of the molecule is COc1ccc(CO[C@@H]2[C@H](OCc3ccc(OC)cc3)C=CO[C@@H]2COC(c2ccccc2)(c2ccccc2)c2ccccc2)cc1. The lowest BCUT2D eigenvalue weighted by Crippen LogP contribution is -2.47. The average molecular weight is 629 g/mol. The second-order valence-corrected chi connectivity index (χ2v) is 11.3. The molecular formula is C41H40O6. The zero-order valence-corrected chi connectivity index (χ0v) is 26.7. The van der Waals surface area contributed by atoms with Crippen LogP contribution in [-0.2, 0) is 37.8 Å². The van der Waals surface area contributed by atoms with Crippen molar-refractivity contribution in [3.8, 4) is 11.5 Å². The molecule has 0 saturated heterocycles. The molecule has 1 aliphatic heterocycles. The summed E-state index contributed by atoms with van der Waals surface area (Å²) in [5.41, 5.74) is 4.21. The number of rotatable bonds is 14. The molecule has 0 aromatic heterocycles. The highest BCUT2D eigenvalue weighted by atomic mass is 16.6. The molecule has 0 amide bonds. The smallest absolute Gasteiger partial charge is 0.150 e. The Morgan fingerprint density at radius 3 is 1.45 bits per heavy atom. The molecule has 0 spiro atoms. The summed E-state index contributed by atoms with van der Waals surface area (Å²) in [6.45, 7) is 1.00. The first-order chi connectivity index (χ1) is 23.2. The zero-order chi connectivity index (χ0) is 32.3. The van der Waals surface area contributed by atoms with Crippen LogP contribution >= 0.6 is 0 Å². The summed E-state index contributed by atoms with van der Waals surface area (Å²) in [5.74, 6) is 1.60. The lowest BCUT2D eigenvalue weighted by atomic mass is 9.80. The number of benzene rings is 5. The fourth-order valence-electron chi connectivity index (χ4n) is 5.91. The Morgan fingerprint density at radius 1 is 0.553 bits per heavy atom. The van der Waals surface area contributed by atoms with Crippen molar-refractivity contribution in [1.82, 2.24) is 0 Å². The fraction of sp³-hybridized carbons (Fsp3) is 0.220. The van der Waals surface area contributed by atoms with E-state index in [2.05, 4.69) is 36.4 Å². The molecule has 0 saturated carbocycles. The highest BCUT2D eigenvalue weighted by Gasteiger charge is 2.41. The molecule has 5 aromatic rings. The van der Waals surface area contributed by atoms with Gasteiger partial charge in [0.05, 0.1) is 40.3 Å². The van der Waals surface area contributed by atoms with Gasteiger partial charge in [0.15, 0.2) is 0 Å². The Kier molecular flexibility index (Phi) is 10.7. The molecule has 0 fully saturated rings. The predicted octanol–water partition coefficient (Wildman–Crippen LogP) is 8.10. The maximum atomic E-state index is 7.15. The normalized spacial score (nSPS) is 17.5. The van der Waals surface area contributed by atoms with Crippen molar-refractivity contribution in [3.63, 3.8) is 0 Å². The minimum absolute atomic E-state index is 0.235. The molecule has 0 aliphatic carbocycles. The van der Waals surface area contributed by atoms with Gasteiger partial charge in [0, 0.05) is 0 Å². The largest absolute Gasteiger partial charge is 0.497 e. The van der Waals surface area contributed by atoms with E-state index in [4.69, 9.17) is 28.4 Å². The quantitative estimate of drug-likeness (QED) is 0.116. The molecule has 240 valence electrons. The van der Waals surface area contributed by atoms with E-state index >= 15 is 0 Å². The van der Waals surface area contributed by atoms with Crippen molar-refractivity contribution in [2.45, 2.75) is 37.1 Å². The van der Waals surface area contributed by atoms with Gasteiger partial charge in [-0.05, 0) is 58.2 Å². The highest BCUT2D eigenvalue weighted by Crippen LogP contribution is 2.41. The monoisotopic (exact) mass is 628 g/mol. The molecule has 1 heterocycles. The molecule has 1 aliphatic rings. The van der Waals surface area contributed by atoms with Crippen LogP contribution in [-0.4, -0.2) is 39.1 Å². The van der Waals surface area contributed by atoms with Crippen LogP contribution < -0.4 is 9.47 Å². The van der Waals surface area contributed by atoms with E-state index in [1.807, 2.05) is 109 Å². The molecule has 47 heavy (non-hydrogen) atoms. The van der Waals surface area contributed by atoms with Gasteiger partial charge in [-0.1, -0.05) is 115 Å². The van der Waals surface area contributed by atoms with Gasteiger partial charge in [0.1, 0.15) is 35.4 Å². The third-order valence-corrected chi connectivity index (χ3v) is 8.42. The third-order valence-electron chi connectivity index (χ3n) is 8.42. The third kappa shape index (κ3) is 7.58. The first kappa shape index (κ1) is 32.1. The van der Waals surface area contributed by atoms with Crippen LogP contribution in [0.4, 0.5) is 0 Å². The van der Waals surface area contributed by atoms with E-state index in [1.54, 1.807) is 20.5 Å². The van der Waals surface area contributed by atoms with Gasteiger partial charge < -0.3 is 28.4 Å². The molecule has 6 rings (SSSR count). The van der Waals surface area contributed by atoms with Gasteiger partial charge in [0.2, 0.25) is 0 Å². The van der Waals surface area contributed by atoms with Gasteiger partial charge in [-0.2, -0.15) is 0 Å². The van der Waals surface area contributed by atoms with Crippen LogP contribution in [0, 0.1) is 0 Å². The molecule has 6 heteroatoms. The number of hydrogen-bond acceptors (Lipinski definition) is 6. The summed E-state index contributed by atoms with van der Waals surface area (Å²) in [4.78, 5) is 0. The first-order valence-electron chi connectivity index (χ1n) is 15.8. The first-order valence-corrected chi connectivity index (χ1v) is 15.8. The van der Waals surface area contributed by atoms with Gasteiger partial charge in [-0.15, -0.1) is 0 Å². The van der Waals surface area contributed by atoms with E-state index in [-0.39, 0.29) is 12.7 Å². The summed E-state index contributed by atoms with van der Waals surface area (Å²) >= 11 is 0. The summed E-state index contributed by atoms with van der Waals surface area (Å²) in [5, 5.41) is 0. The van der Waals surface area contributed by atoms with E-state index in [0.717, 1.165) is 39.3 Å². The number of hydrogen-bond donors (Lipinski definition) is 0. The molecule has 5 aromatic carbocycles. The average Bonchev–Trinajstić information content (AvgIpc) is 3.15. The molecule has 6 nitrogen and oxygen atoms in total. The molecule has 0 radical (unpaired) electrons. The zero-order valence-electron chi connectivity index (χ0n) is 26.7. The van der Waals surface area contributed by atoms with Crippen LogP contribution in [0.2, 0.25) is 0 Å². The number of methoxy groups -OCH3 is 2. The van der Waals surface area contributed by atoms with Crippen LogP contribution in [0.25, 0.3) is 0 Å². The van der Waals surface area contributed by atoms with Gasteiger partial charge in [0.25, 0.3) is 0 Å². The van der Waals surface area contributed by atoms with E-state index in [1.165, 1.54) is 0 Å². The summed E-state index contributed by atoms with van der Waals surface area (Å²) < 4.78 is 37.2. The minimum Gasteiger partial charge on any atom is -0.497 e. The van der Waals surface area contributed by atoms with Crippen molar-refractivity contribution in [3.05, 3.63) is 180 Å². The van der Waals surface area contributed by atoms with Crippen molar-refractivity contribution in [2.75, 3.05) is 20.8 Å². The Balaban J connectivity index is 1.30. The summed E-state index contributed by atoms with van der Waals surface area (Å²) in [6, 6.07) is 46.7. The Labute approximate surface area is 277 Å². The molecule has 0 N–H and O–H groups in total. The lowest BCUT2D eigenvalue weighted by molar-refractivity contribution is -0.156. The molecular weight excluding hydrogens is 588 g/mol. The maximum absolute atomic E-state index is 7.15. The lowest BCUT2D eigenvalue weighted by Gasteiger charge is -2.40. The topological polar surface area (TPSA) is 55.4 Å². The van der Waals surface area contributed by atoms with Gasteiger partial charge in [-0.3, -0.25) is 0 Å². The molecule has 3 atom stereocenters. The highest BCUT2D eigenvalue weighted by molar-refractivity contribution is 5.47. The Hall–Kier alpha value is -4.88. The maximum Gasteiger partial charge on any atom is 0.150 e. The van der Waals surface area contributed by atoms with Crippen LogP contribution in [0.1, 0.15) is 27.8 Å². The minimum atomic E-state index is -0.895. The predicted molar refractivity (Wildman–Crippen MR) is 182 cm³/mol. The van der Waals surface area contributed by atoms with Crippen molar-refractivity contribution in [2.24, 2.45) is 0 Å². The van der Waals surface area contributed by atoms with E-state index in [9.17, 15) is 0 Å². The molecule has 0 unspecified atom stereocenters. The van der Waals surface area contributed by atoms with Crippen LogP contribution in [0.5, 0.6) is 11.5 Å².